The Hall–Kier alpha value is -2.33. The fraction of sp³-hybridized carbons (Fsp3) is 0.263. The molecule has 0 aliphatic rings. The van der Waals surface area contributed by atoms with E-state index in [1.807, 2.05) is 69.3 Å². The monoisotopic (exact) mass is 342 g/mol. The van der Waals surface area contributed by atoms with Crippen LogP contribution in [0.5, 0.6) is 0 Å². The number of benzene rings is 2. The Morgan fingerprint density at radius 1 is 1.12 bits per heavy atom. The molecule has 0 aliphatic heterocycles. The van der Waals surface area contributed by atoms with E-state index in [-0.39, 0.29) is 0 Å². The molecule has 0 radical (unpaired) electrons. The molecule has 2 aromatic carbocycles. The highest BCUT2D eigenvalue weighted by molar-refractivity contribution is 6.31. The summed E-state index contributed by atoms with van der Waals surface area (Å²) in [4.78, 5) is 12.5. The van der Waals surface area contributed by atoms with Gasteiger partial charge in [-0.3, -0.25) is 0 Å². The zero-order chi connectivity index (χ0) is 17.3. The number of rotatable bonds is 2. The average Bonchev–Trinajstić information content (AvgIpc) is 2.87. The van der Waals surface area contributed by atoms with Gasteiger partial charge in [0.1, 0.15) is 5.60 Å². The largest absolute Gasteiger partial charge is 0.442 e. The normalized spacial score (nSPS) is 11.7. The lowest BCUT2D eigenvalue weighted by atomic mass is 10.1. The molecule has 4 nitrogen and oxygen atoms in total. The molecule has 0 amide bonds. The predicted octanol–water partition coefficient (Wildman–Crippen LogP) is 5.06. The van der Waals surface area contributed by atoms with Crippen LogP contribution in [-0.4, -0.2) is 21.5 Å². The molecule has 0 saturated carbocycles. The molecule has 1 aromatic heterocycles. The molecule has 0 unspecified atom stereocenters. The van der Waals surface area contributed by atoms with Crippen LogP contribution < -0.4 is 0 Å². The van der Waals surface area contributed by atoms with Gasteiger partial charge in [0, 0.05) is 16.8 Å². The van der Waals surface area contributed by atoms with E-state index in [9.17, 15) is 4.79 Å². The molecular formula is C19H19ClN2O2. The second kappa shape index (κ2) is 6.29. The van der Waals surface area contributed by atoms with Crippen molar-refractivity contribution in [1.82, 2.24) is 9.78 Å². The minimum Gasteiger partial charge on any atom is -0.442 e. The van der Waals surface area contributed by atoms with Crippen LogP contribution in [0.15, 0.2) is 48.5 Å². The zero-order valence-electron chi connectivity index (χ0n) is 13.9. The van der Waals surface area contributed by atoms with Crippen molar-refractivity contribution in [3.8, 4) is 0 Å². The predicted molar refractivity (Wildman–Crippen MR) is 95.6 cm³/mol. The maximum atomic E-state index is 12.5. The first kappa shape index (κ1) is 16.5. The topological polar surface area (TPSA) is 44.1 Å². The fourth-order valence-electron chi connectivity index (χ4n) is 2.53. The van der Waals surface area contributed by atoms with Crippen molar-refractivity contribution in [2.45, 2.75) is 32.8 Å². The molecule has 0 spiro atoms. The molecule has 0 bridgehead atoms. The summed E-state index contributed by atoms with van der Waals surface area (Å²) in [5.41, 5.74) is 1.92. The second-order valence-electron chi connectivity index (χ2n) is 6.62. The van der Waals surface area contributed by atoms with Gasteiger partial charge in [0.05, 0.1) is 11.2 Å². The number of fused-ring (bicyclic) bond motifs is 1. The lowest BCUT2D eigenvalue weighted by molar-refractivity contribution is 0.0522. The number of halogens is 1. The third-order valence-corrected chi connectivity index (χ3v) is 3.91. The summed E-state index contributed by atoms with van der Waals surface area (Å²) >= 11 is 6.26. The second-order valence-corrected chi connectivity index (χ2v) is 7.03. The Kier molecular flexibility index (Phi) is 4.33. The van der Waals surface area contributed by atoms with Crippen LogP contribution in [0.1, 0.15) is 32.0 Å². The molecule has 0 atom stereocenters. The van der Waals surface area contributed by atoms with Crippen LogP contribution in [0.3, 0.4) is 0 Å². The Morgan fingerprint density at radius 3 is 2.50 bits per heavy atom. The number of nitrogens with zero attached hydrogens (tertiary/aromatic N) is 2. The quantitative estimate of drug-likeness (QED) is 0.653. The van der Waals surface area contributed by atoms with Gasteiger partial charge in [-0.05, 0) is 38.5 Å². The lowest BCUT2D eigenvalue weighted by Crippen LogP contribution is -2.27. The summed E-state index contributed by atoms with van der Waals surface area (Å²) in [7, 11) is 0. The summed E-state index contributed by atoms with van der Waals surface area (Å²) in [6.45, 7) is 5.50. The van der Waals surface area contributed by atoms with Crippen LogP contribution in [-0.2, 0) is 11.2 Å². The van der Waals surface area contributed by atoms with Crippen molar-refractivity contribution in [2.75, 3.05) is 0 Å². The van der Waals surface area contributed by atoms with Crippen LogP contribution in [0, 0.1) is 0 Å². The van der Waals surface area contributed by atoms with Crippen LogP contribution >= 0.6 is 11.6 Å². The number of aromatic nitrogens is 2. The molecule has 3 aromatic rings. The van der Waals surface area contributed by atoms with E-state index in [1.54, 1.807) is 0 Å². The van der Waals surface area contributed by atoms with Crippen LogP contribution in [0.4, 0.5) is 4.79 Å². The Labute approximate surface area is 146 Å². The summed E-state index contributed by atoms with van der Waals surface area (Å²) in [6.07, 6.45) is 0.0693. The van der Waals surface area contributed by atoms with E-state index in [1.165, 1.54) is 4.68 Å². The fourth-order valence-corrected chi connectivity index (χ4v) is 2.73. The van der Waals surface area contributed by atoms with Gasteiger partial charge in [0.15, 0.2) is 0 Å². The molecule has 0 aliphatic carbocycles. The smallest absolute Gasteiger partial charge is 0.435 e. The summed E-state index contributed by atoms with van der Waals surface area (Å²) in [5, 5.41) is 6.10. The van der Waals surface area contributed by atoms with Gasteiger partial charge >= 0.3 is 6.09 Å². The van der Waals surface area contributed by atoms with Crippen molar-refractivity contribution in [3.05, 3.63) is 64.8 Å². The van der Waals surface area contributed by atoms with E-state index in [0.29, 0.717) is 11.4 Å². The summed E-state index contributed by atoms with van der Waals surface area (Å²) in [5.74, 6) is 0. The number of carbonyl (C=O) groups is 1. The standard InChI is InChI=1S/C19H19ClN2O2/c1-19(2,3)24-18(23)22-17-11-7-5-9-14(17)16(21-22)12-13-8-4-6-10-15(13)20/h4-11H,12H2,1-3H3. The van der Waals surface area contributed by atoms with Gasteiger partial charge < -0.3 is 4.74 Å². The number of hydrogen-bond acceptors (Lipinski definition) is 3. The highest BCUT2D eigenvalue weighted by Crippen LogP contribution is 2.25. The van der Waals surface area contributed by atoms with Crippen molar-refractivity contribution < 1.29 is 9.53 Å². The lowest BCUT2D eigenvalue weighted by Gasteiger charge is -2.19. The molecule has 124 valence electrons. The SMILES string of the molecule is CC(C)(C)OC(=O)n1nc(Cc2ccccc2Cl)c2ccccc21. The van der Waals surface area contributed by atoms with E-state index in [4.69, 9.17) is 16.3 Å². The number of ether oxygens (including phenoxy) is 1. The van der Waals surface area contributed by atoms with E-state index in [2.05, 4.69) is 5.10 Å². The van der Waals surface area contributed by atoms with E-state index >= 15 is 0 Å². The van der Waals surface area contributed by atoms with Crippen LogP contribution in [0.2, 0.25) is 5.02 Å². The molecular weight excluding hydrogens is 324 g/mol. The molecule has 3 rings (SSSR count). The van der Waals surface area contributed by atoms with Crippen molar-refractivity contribution in [3.63, 3.8) is 0 Å². The van der Waals surface area contributed by atoms with Gasteiger partial charge in [-0.1, -0.05) is 48.0 Å². The highest BCUT2D eigenvalue weighted by Gasteiger charge is 2.22. The molecule has 1 heterocycles. The first-order chi connectivity index (χ1) is 11.3. The van der Waals surface area contributed by atoms with E-state index in [0.717, 1.165) is 22.2 Å². The Morgan fingerprint density at radius 2 is 1.79 bits per heavy atom. The van der Waals surface area contributed by atoms with Gasteiger partial charge in [-0.15, -0.1) is 0 Å². The molecule has 24 heavy (non-hydrogen) atoms. The Bertz CT molecular complexity index is 894. The summed E-state index contributed by atoms with van der Waals surface area (Å²) in [6, 6.07) is 15.3. The molecule has 0 fully saturated rings. The first-order valence-electron chi connectivity index (χ1n) is 7.78. The van der Waals surface area contributed by atoms with Crippen molar-refractivity contribution >= 4 is 28.6 Å². The minimum atomic E-state index is -0.576. The summed E-state index contributed by atoms with van der Waals surface area (Å²) < 4.78 is 6.78. The van der Waals surface area contributed by atoms with Gasteiger partial charge in [-0.2, -0.15) is 9.78 Å². The molecule has 0 N–H and O–H groups in total. The minimum absolute atomic E-state index is 0.482. The zero-order valence-corrected chi connectivity index (χ0v) is 14.7. The van der Waals surface area contributed by atoms with Gasteiger partial charge in [0.25, 0.3) is 0 Å². The van der Waals surface area contributed by atoms with E-state index < -0.39 is 11.7 Å². The maximum Gasteiger partial charge on any atom is 0.435 e. The molecule has 0 saturated heterocycles. The maximum absolute atomic E-state index is 12.5. The number of carbonyl (C=O) groups excluding carboxylic acids is 1. The average molecular weight is 343 g/mol. The van der Waals surface area contributed by atoms with Gasteiger partial charge in [-0.25, -0.2) is 4.79 Å². The molecule has 5 heteroatoms. The van der Waals surface area contributed by atoms with Gasteiger partial charge in [0.2, 0.25) is 0 Å². The third kappa shape index (κ3) is 3.44. The third-order valence-electron chi connectivity index (χ3n) is 3.55. The van der Waals surface area contributed by atoms with Crippen LogP contribution in [0.25, 0.3) is 10.9 Å². The number of hydrogen-bond donors (Lipinski definition) is 0. The number of para-hydroxylation sites is 1. The Balaban J connectivity index is 2.04. The van der Waals surface area contributed by atoms with Crippen molar-refractivity contribution in [1.29, 1.82) is 0 Å². The first-order valence-corrected chi connectivity index (χ1v) is 8.16. The highest BCUT2D eigenvalue weighted by atomic mass is 35.5. The van der Waals surface area contributed by atoms with Crippen molar-refractivity contribution in [2.24, 2.45) is 0 Å².